The van der Waals surface area contributed by atoms with Crippen molar-refractivity contribution in [3.05, 3.63) is 184 Å². The largest absolute Gasteiger partial charge is 0.339 e. The molecule has 1 unspecified atom stereocenters. The summed E-state index contributed by atoms with van der Waals surface area (Å²) in [7, 11) is 0. The highest BCUT2D eigenvalue weighted by atomic mass is 15.2. The van der Waals surface area contributed by atoms with Crippen LogP contribution >= 0.6 is 0 Å². The first-order chi connectivity index (χ1) is 25.2. The van der Waals surface area contributed by atoms with Crippen molar-refractivity contribution < 1.29 is 0 Å². The van der Waals surface area contributed by atoms with Gasteiger partial charge in [-0.1, -0.05) is 137 Å². The average molecular weight is 673 g/mol. The number of hydrogen-bond donors (Lipinski definition) is 0. The van der Waals surface area contributed by atoms with E-state index < -0.39 is 0 Å². The molecule has 0 amide bonds. The molecule has 0 bridgehead atoms. The van der Waals surface area contributed by atoms with Gasteiger partial charge < -0.3 is 9.47 Å². The van der Waals surface area contributed by atoms with Gasteiger partial charge in [-0.3, -0.25) is 0 Å². The second kappa shape index (κ2) is 11.9. The van der Waals surface area contributed by atoms with Crippen molar-refractivity contribution in [3.8, 4) is 29.2 Å². The molecule has 2 nitrogen and oxygen atoms in total. The van der Waals surface area contributed by atoms with Crippen LogP contribution < -0.4 is 4.90 Å². The fraction of sp³-hybridized carbons (Fsp3) is 0.200. The Balaban J connectivity index is 1.21. The summed E-state index contributed by atoms with van der Waals surface area (Å²) in [6.07, 6.45) is 15.4. The van der Waals surface area contributed by atoms with Crippen LogP contribution in [0.4, 0.5) is 5.69 Å². The maximum Gasteiger partial charge on any atom is 0.101 e. The second-order valence-electron chi connectivity index (χ2n) is 15.7. The molecule has 0 saturated heterocycles. The van der Waals surface area contributed by atoms with Crippen molar-refractivity contribution in [2.75, 3.05) is 4.90 Å². The number of nitrogens with zero attached hydrogens (tertiary/aromatic N) is 2. The lowest BCUT2D eigenvalue weighted by Gasteiger charge is -2.35. The van der Waals surface area contributed by atoms with Gasteiger partial charge in [0.15, 0.2) is 0 Å². The second-order valence-corrected chi connectivity index (χ2v) is 15.7. The Hall–Kier alpha value is -5.78. The molecule has 0 radical (unpaired) electrons. The molecule has 52 heavy (non-hydrogen) atoms. The van der Waals surface area contributed by atoms with Crippen LogP contribution in [0.5, 0.6) is 0 Å². The zero-order valence-electron chi connectivity index (χ0n) is 30.7. The van der Waals surface area contributed by atoms with Gasteiger partial charge in [-0.05, 0) is 106 Å². The highest BCUT2D eigenvalue weighted by Crippen LogP contribution is 2.52. The van der Waals surface area contributed by atoms with E-state index >= 15 is 0 Å². The van der Waals surface area contributed by atoms with Gasteiger partial charge in [-0.2, -0.15) is 0 Å². The Morgan fingerprint density at radius 3 is 2.13 bits per heavy atom. The maximum absolute atomic E-state index is 6.43. The third-order valence-corrected chi connectivity index (χ3v) is 12.0. The molecule has 5 aromatic carbocycles. The number of hydrogen-bond acceptors (Lipinski definition) is 1. The molecule has 3 aliphatic rings. The first kappa shape index (κ1) is 32.1. The summed E-state index contributed by atoms with van der Waals surface area (Å²) in [6, 6.07) is 44.3. The average Bonchev–Trinajstić information content (AvgIpc) is 3.57. The van der Waals surface area contributed by atoms with Crippen LogP contribution in [0.1, 0.15) is 74.6 Å². The molecule has 1 atom stereocenters. The minimum atomic E-state index is -0.109. The summed E-state index contributed by atoms with van der Waals surface area (Å²) >= 11 is 0. The molecular weight excluding hydrogens is 629 g/mol. The van der Waals surface area contributed by atoms with Crippen LogP contribution in [-0.2, 0) is 17.3 Å². The third-order valence-electron chi connectivity index (χ3n) is 12.0. The SMILES string of the molecule is C#Cc1c(CC(C)N(C2=CCC=C3C(=C2)C(C)(C)c2ccccc23)c2ccc3c(c2)C(C)(C)c2ccccc2-3)c2ccccc2n1-c1ccccc1. The monoisotopic (exact) mass is 672 g/mol. The summed E-state index contributed by atoms with van der Waals surface area (Å²) in [5.74, 6) is 3.14. The number of anilines is 1. The van der Waals surface area contributed by atoms with E-state index in [1.165, 1.54) is 66.9 Å². The molecule has 1 aromatic heterocycles. The van der Waals surface area contributed by atoms with Crippen molar-refractivity contribution in [3.63, 3.8) is 0 Å². The Labute approximate surface area is 308 Å². The van der Waals surface area contributed by atoms with Crippen LogP contribution in [0.3, 0.4) is 0 Å². The van der Waals surface area contributed by atoms with E-state index in [4.69, 9.17) is 6.42 Å². The zero-order chi connectivity index (χ0) is 35.8. The molecule has 0 spiro atoms. The van der Waals surface area contributed by atoms with Crippen molar-refractivity contribution in [1.29, 1.82) is 0 Å². The van der Waals surface area contributed by atoms with E-state index in [-0.39, 0.29) is 16.9 Å². The summed E-state index contributed by atoms with van der Waals surface area (Å²) in [5.41, 5.74) is 17.6. The molecule has 0 N–H and O–H groups in total. The van der Waals surface area contributed by atoms with Gasteiger partial charge in [-0.15, -0.1) is 6.42 Å². The van der Waals surface area contributed by atoms with Crippen molar-refractivity contribution in [2.45, 2.75) is 64.3 Å². The number of para-hydroxylation sites is 2. The van der Waals surface area contributed by atoms with Gasteiger partial charge in [0.1, 0.15) is 5.69 Å². The van der Waals surface area contributed by atoms with Gasteiger partial charge in [0.2, 0.25) is 0 Å². The Kier molecular flexibility index (Phi) is 7.35. The lowest BCUT2D eigenvalue weighted by Crippen LogP contribution is -2.34. The lowest BCUT2D eigenvalue weighted by molar-refractivity contribution is 0.652. The first-order valence-corrected chi connectivity index (χ1v) is 18.6. The normalized spacial score (nSPS) is 16.7. The number of fused-ring (bicyclic) bond motifs is 7. The van der Waals surface area contributed by atoms with E-state index in [1.807, 2.05) is 0 Å². The highest BCUT2D eigenvalue weighted by Gasteiger charge is 2.40. The van der Waals surface area contributed by atoms with Crippen LogP contribution in [0.25, 0.3) is 33.3 Å². The molecular formula is C50H44N2. The molecule has 9 rings (SSSR count). The summed E-state index contributed by atoms with van der Waals surface area (Å²) in [5, 5.41) is 1.21. The van der Waals surface area contributed by atoms with Crippen molar-refractivity contribution >= 4 is 22.2 Å². The predicted octanol–water partition coefficient (Wildman–Crippen LogP) is 11.9. The molecule has 254 valence electrons. The quantitative estimate of drug-likeness (QED) is 0.160. The fourth-order valence-electron chi connectivity index (χ4n) is 9.44. The van der Waals surface area contributed by atoms with Gasteiger partial charge in [0.25, 0.3) is 0 Å². The molecule has 6 aromatic rings. The minimum Gasteiger partial charge on any atom is -0.339 e. The smallest absolute Gasteiger partial charge is 0.101 e. The number of allylic oxidation sites excluding steroid dienone is 5. The predicted molar refractivity (Wildman–Crippen MR) is 219 cm³/mol. The van der Waals surface area contributed by atoms with Crippen LogP contribution in [-0.4, -0.2) is 10.6 Å². The van der Waals surface area contributed by atoms with E-state index in [0.717, 1.165) is 29.7 Å². The summed E-state index contributed by atoms with van der Waals surface area (Å²) in [4.78, 5) is 2.59. The molecule has 0 fully saturated rings. The molecule has 2 heteroatoms. The summed E-state index contributed by atoms with van der Waals surface area (Å²) < 4.78 is 2.26. The van der Waals surface area contributed by atoms with E-state index in [0.29, 0.717) is 0 Å². The molecule has 1 heterocycles. The number of aromatic nitrogens is 1. The van der Waals surface area contributed by atoms with Gasteiger partial charge in [0, 0.05) is 39.3 Å². The van der Waals surface area contributed by atoms with Gasteiger partial charge in [0.05, 0.1) is 5.52 Å². The lowest BCUT2D eigenvalue weighted by atomic mass is 9.81. The molecule has 3 aliphatic carbocycles. The molecule has 0 aliphatic heterocycles. The van der Waals surface area contributed by atoms with Crippen molar-refractivity contribution in [1.82, 2.24) is 4.57 Å². The number of terminal acetylenes is 1. The topological polar surface area (TPSA) is 8.17 Å². The Morgan fingerprint density at radius 1 is 0.712 bits per heavy atom. The van der Waals surface area contributed by atoms with Crippen molar-refractivity contribution in [2.24, 2.45) is 0 Å². The molecule has 0 saturated carbocycles. The summed E-state index contributed by atoms with van der Waals surface area (Å²) in [6.45, 7) is 11.9. The van der Waals surface area contributed by atoms with Gasteiger partial charge in [-0.25, -0.2) is 0 Å². The highest BCUT2D eigenvalue weighted by molar-refractivity contribution is 5.92. The van der Waals surface area contributed by atoms with Gasteiger partial charge >= 0.3 is 0 Å². The van der Waals surface area contributed by atoms with E-state index in [1.54, 1.807) is 0 Å². The maximum atomic E-state index is 6.43. The van der Waals surface area contributed by atoms with Crippen LogP contribution in [0.2, 0.25) is 0 Å². The standard InChI is InChI=1S/C50H44N2/c1-7-47-42(41-23-13-16-27-48(41)52(47)34-18-9-8-10-19-34)30-33(2)51(36-28-29-40-38-22-12-15-26-44(38)50(5,6)46(40)32-36)35-20-17-24-39-37-21-11-14-25-43(37)49(3,4)45(39)31-35/h1,8-16,18-29,31-33H,17,30H2,2-6H3. The van der Waals surface area contributed by atoms with Crippen LogP contribution in [0, 0.1) is 12.3 Å². The number of rotatable bonds is 6. The third kappa shape index (κ3) is 4.72. The van der Waals surface area contributed by atoms with E-state index in [2.05, 4.69) is 190 Å². The Bertz CT molecular complexity index is 2540. The first-order valence-electron chi connectivity index (χ1n) is 18.6. The number of benzene rings is 5. The van der Waals surface area contributed by atoms with Crippen LogP contribution in [0.15, 0.2) is 151 Å². The fourth-order valence-corrected chi connectivity index (χ4v) is 9.44. The van der Waals surface area contributed by atoms with E-state index in [9.17, 15) is 0 Å². The minimum absolute atomic E-state index is 0.0867. The Morgan fingerprint density at radius 2 is 1.37 bits per heavy atom. The zero-order valence-corrected chi connectivity index (χ0v) is 30.7.